The van der Waals surface area contributed by atoms with Crippen molar-refractivity contribution in [3.63, 3.8) is 0 Å². The van der Waals surface area contributed by atoms with Crippen LogP contribution in [-0.2, 0) is 6.54 Å². The third-order valence-corrected chi connectivity index (χ3v) is 3.51. The molecule has 0 radical (unpaired) electrons. The zero-order valence-corrected chi connectivity index (χ0v) is 14.6. The van der Waals surface area contributed by atoms with Crippen molar-refractivity contribution < 1.29 is 17.6 Å². The van der Waals surface area contributed by atoms with E-state index in [4.69, 9.17) is 0 Å². The van der Waals surface area contributed by atoms with Crippen LogP contribution in [0.15, 0.2) is 71.0 Å². The molecule has 1 N–H and O–H groups in total. The molecule has 0 unspecified atom stereocenters. The van der Waals surface area contributed by atoms with Gasteiger partial charge in [0.1, 0.15) is 6.33 Å². The van der Waals surface area contributed by atoms with Gasteiger partial charge in [-0.1, -0.05) is 18.2 Å². The van der Waals surface area contributed by atoms with E-state index < -0.39 is 23.0 Å². The van der Waals surface area contributed by atoms with E-state index >= 15 is 0 Å². The van der Waals surface area contributed by atoms with Gasteiger partial charge < -0.3 is 9.88 Å². The van der Waals surface area contributed by atoms with Crippen molar-refractivity contribution in [2.24, 2.45) is 0 Å². The molecule has 142 valence electrons. The number of nitrogens with one attached hydrogen (secondary N) is 1. The average Bonchev–Trinajstić information content (AvgIpc) is 2.60. The molecule has 2 rings (SSSR count). The normalized spacial score (nSPS) is 13.0. The molecule has 0 atom stereocenters. The van der Waals surface area contributed by atoms with Crippen LogP contribution in [0.25, 0.3) is 0 Å². The number of aryl methyl sites for hydroxylation is 1. The van der Waals surface area contributed by atoms with Gasteiger partial charge in [0.05, 0.1) is 12.4 Å². The highest BCUT2D eigenvalue weighted by Gasteiger charge is 2.11. The van der Waals surface area contributed by atoms with Crippen LogP contribution in [0.1, 0.15) is 12.5 Å². The van der Waals surface area contributed by atoms with Crippen LogP contribution in [-0.4, -0.2) is 9.55 Å². The van der Waals surface area contributed by atoms with Crippen molar-refractivity contribution in [3.05, 3.63) is 87.9 Å². The molecular weight excluding hydrogens is 362 g/mol. The number of allylic oxidation sites excluding steroid dienone is 5. The fourth-order valence-electron chi connectivity index (χ4n) is 2.31. The summed E-state index contributed by atoms with van der Waals surface area (Å²) < 4.78 is 53.8. The molecule has 8 heteroatoms. The van der Waals surface area contributed by atoms with Gasteiger partial charge in [0.15, 0.2) is 5.83 Å². The van der Waals surface area contributed by atoms with Gasteiger partial charge in [-0.3, -0.25) is 4.79 Å². The van der Waals surface area contributed by atoms with Crippen molar-refractivity contribution >= 4 is 11.6 Å². The van der Waals surface area contributed by atoms with E-state index in [1.54, 1.807) is 12.1 Å². The summed E-state index contributed by atoms with van der Waals surface area (Å²) in [6.45, 7) is 2.68. The first-order valence-electron chi connectivity index (χ1n) is 7.90. The molecule has 0 aliphatic carbocycles. The number of hydrogen-bond acceptors (Lipinski definition) is 3. The summed E-state index contributed by atoms with van der Waals surface area (Å²) in [6.07, 6.45) is 2.31. The lowest BCUT2D eigenvalue weighted by molar-refractivity contribution is 0.576. The molecule has 1 aromatic carbocycles. The lowest BCUT2D eigenvalue weighted by atomic mass is 10.2. The second-order valence-corrected chi connectivity index (χ2v) is 5.73. The predicted molar refractivity (Wildman–Crippen MR) is 96.2 cm³/mol. The van der Waals surface area contributed by atoms with Crippen molar-refractivity contribution in [2.45, 2.75) is 20.4 Å². The summed E-state index contributed by atoms with van der Waals surface area (Å²) in [5, 5.41) is 2.90. The minimum atomic E-state index is -1.23. The summed E-state index contributed by atoms with van der Waals surface area (Å²) in [5.41, 5.74) is 0.366. The van der Waals surface area contributed by atoms with Crippen LogP contribution < -0.4 is 10.9 Å². The number of para-hydroxylation sites is 1. The molecule has 0 fully saturated rings. The van der Waals surface area contributed by atoms with Crippen LogP contribution in [0, 0.1) is 12.7 Å². The Labute approximate surface area is 153 Å². The first-order chi connectivity index (χ1) is 12.8. The SMILES string of the molecule is C\C(F)=C/C(=C\C(F)=C\F)Cn1cc(F)c(=O)nc1Nc1ccccc1C. The van der Waals surface area contributed by atoms with Crippen molar-refractivity contribution in [1.29, 1.82) is 0 Å². The maximum atomic E-state index is 13.7. The molecule has 27 heavy (non-hydrogen) atoms. The Morgan fingerprint density at radius 1 is 1.26 bits per heavy atom. The zero-order chi connectivity index (χ0) is 20.0. The number of anilines is 2. The standard InChI is InChI=1S/C19H17F4N3O/c1-12-5-3-4-6-17(12)24-19-25-18(27)16(23)11-26(19)10-14(7-13(2)21)8-15(22)9-20/h3-9,11H,10H2,1-2H3,(H,24,25,27)/b13-7+,14-8+,15-9-. The fourth-order valence-corrected chi connectivity index (χ4v) is 2.31. The molecule has 0 amide bonds. The summed E-state index contributed by atoms with van der Waals surface area (Å²) in [6, 6.07) is 7.11. The Hall–Kier alpha value is -3.16. The van der Waals surface area contributed by atoms with Gasteiger partial charge in [0.2, 0.25) is 11.8 Å². The number of hydrogen-bond donors (Lipinski definition) is 1. The van der Waals surface area contributed by atoms with Crippen molar-refractivity contribution in [2.75, 3.05) is 5.32 Å². The summed E-state index contributed by atoms with van der Waals surface area (Å²) in [7, 11) is 0. The number of nitrogens with zero attached hydrogens (tertiary/aromatic N) is 2. The Morgan fingerprint density at radius 3 is 2.59 bits per heavy atom. The Morgan fingerprint density at radius 2 is 1.96 bits per heavy atom. The monoisotopic (exact) mass is 379 g/mol. The molecule has 0 saturated heterocycles. The van der Waals surface area contributed by atoms with E-state index in [9.17, 15) is 22.4 Å². The summed E-state index contributed by atoms with van der Waals surface area (Å²) >= 11 is 0. The molecular formula is C19H17F4N3O. The maximum absolute atomic E-state index is 13.7. The van der Waals surface area contributed by atoms with E-state index in [2.05, 4.69) is 10.3 Å². The van der Waals surface area contributed by atoms with E-state index in [-0.39, 0.29) is 24.4 Å². The van der Waals surface area contributed by atoms with Crippen LogP contribution in [0.2, 0.25) is 0 Å². The van der Waals surface area contributed by atoms with Gasteiger partial charge >= 0.3 is 5.56 Å². The van der Waals surface area contributed by atoms with Crippen LogP contribution in [0.5, 0.6) is 0 Å². The molecule has 0 spiro atoms. The van der Waals surface area contributed by atoms with E-state index in [0.29, 0.717) is 5.69 Å². The first-order valence-corrected chi connectivity index (χ1v) is 7.90. The first kappa shape index (κ1) is 20.2. The lowest BCUT2D eigenvalue weighted by Crippen LogP contribution is -2.20. The summed E-state index contributed by atoms with van der Waals surface area (Å²) in [5.74, 6) is -3.05. The highest BCUT2D eigenvalue weighted by Crippen LogP contribution is 2.20. The smallest absolute Gasteiger partial charge is 0.310 e. The number of aromatic nitrogens is 2. The molecule has 1 aromatic heterocycles. The third kappa shape index (κ3) is 5.67. The number of halogens is 4. The molecule has 2 aromatic rings. The van der Waals surface area contributed by atoms with Gasteiger partial charge in [0, 0.05) is 11.9 Å². The zero-order valence-electron chi connectivity index (χ0n) is 14.6. The molecule has 0 aliphatic heterocycles. The van der Waals surface area contributed by atoms with Crippen LogP contribution in [0.4, 0.5) is 29.2 Å². The van der Waals surface area contributed by atoms with Gasteiger partial charge in [-0.25, -0.2) is 13.2 Å². The van der Waals surface area contributed by atoms with Crippen LogP contribution >= 0.6 is 0 Å². The van der Waals surface area contributed by atoms with E-state index in [1.807, 2.05) is 19.1 Å². The Bertz CT molecular complexity index is 973. The predicted octanol–water partition coefficient (Wildman–Crippen LogP) is 5.01. The lowest BCUT2D eigenvalue weighted by Gasteiger charge is -2.15. The van der Waals surface area contributed by atoms with Crippen molar-refractivity contribution in [3.8, 4) is 0 Å². The van der Waals surface area contributed by atoms with Crippen LogP contribution in [0.3, 0.4) is 0 Å². The van der Waals surface area contributed by atoms with Gasteiger partial charge in [-0.2, -0.15) is 9.37 Å². The third-order valence-electron chi connectivity index (χ3n) is 3.51. The second kappa shape index (κ2) is 8.98. The minimum Gasteiger partial charge on any atom is -0.325 e. The molecule has 1 heterocycles. The number of benzene rings is 1. The molecule has 0 bridgehead atoms. The highest BCUT2D eigenvalue weighted by molar-refractivity contribution is 5.58. The van der Waals surface area contributed by atoms with E-state index in [0.717, 1.165) is 30.8 Å². The molecule has 0 saturated carbocycles. The fraction of sp³-hybridized carbons (Fsp3) is 0.158. The highest BCUT2D eigenvalue weighted by atomic mass is 19.2. The van der Waals surface area contributed by atoms with Gasteiger partial charge in [0.25, 0.3) is 0 Å². The maximum Gasteiger partial charge on any atom is 0.310 e. The Kier molecular flexibility index (Phi) is 6.70. The Balaban J connectivity index is 2.50. The average molecular weight is 379 g/mol. The van der Waals surface area contributed by atoms with E-state index in [1.165, 1.54) is 4.57 Å². The number of rotatable bonds is 6. The minimum absolute atomic E-state index is 0.000849. The quantitative estimate of drug-likeness (QED) is 0.567. The molecule has 4 nitrogen and oxygen atoms in total. The largest absolute Gasteiger partial charge is 0.325 e. The molecule has 0 aliphatic rings. The topological polar surface area (TPSA) is 46.9 Å². The van der Waals surface area contributed by atoms with Gasteiger partial charge in [-0.05, 0) is 43.2 Å². The second-order valence-electron chi connectivity index (χ2n) is 5.73. The van der Waals surface area contributed by atoms with Crippen molar-refractivity contribution in [1.82, 2.24) is 9.55 Å². The van der Waals surface area contributed by atoms with Gasteiger partial charge in [-0.15, -0.1) is 0 Å². The summed E-state index contributed by atoms with van der Waals surface area (Å²) in [4.78, 5) is 15.2.